The topological polar surface area (TPSA) is 94.1 Å². The number of piperidine rings is 1. The van der Waals surface area contributed by atoms with Gasteiger partial charge in [-0.2, -0.15) is 0 Å². The van der Waals surface area contributed by atoms with Gasteiger partial charge in [0.2, 0.25) is 15.9 Å². The molecule has 9 heteroatoms. The number of aliphatic imine (C=N–C) groups is 1. The SMILES string of the molecule is CCNC(=NCC(=O)N1CCCC1)NCC1CCN(S(C)(=O)=O)CC1. The maximum Gasteiger partial charge on any atom is 0.244 e. The number of guanidine groups is 1. The minimum absolute atomic E-state index is 0.0798. The van der Waals surface area contributed by atoms with Crippen LogP contribution in [0, 0.1) is 5.92 Å². The monoisotopic (exact) mass is 373 g/mol. The highest BCUT2D eigenvalue weighted by molar-refractivity contribution is 7.88. The molecular formula is C16H31N5O3S. The van der Waals surface area contributed by atoms with E-state index in [0.29, 0.717) is 25.0 Å². The van der Waals surface area contributed by atoms with Crippen molar-refractivity contribution >= 4 is 21.9 Å². The third-order valence-corrected chi connectivity index (χ3v) is 6.08. The van der Waals surface area contributed by atoms with Gasteiger partial charge in [-0.25, -0.2) is 17.7 Å². The number of nitrogens with one attached hydrogen (secondary N) is 2. The maximum absolute atomic E-state index is 12.1. The third-order valence-electron chi connectivity index (χ3n) is 4.78. The molecule has 0 bridgehead atoms. The molecule has 0 spiro atoms. The van der Waals surface area contributed by atoms with E-state index in [1.165, 1.54) is 10.6 Å². The van der Waals surface area contributed by atoms with Crippen molar-refractivity contribution in [3.63, 3.8) is 0 Å². The van der Waals surface area contributed by atoms with E-state index in [9.17, 15) is 13.2 Å². The third kappa shape index (κ3) is 6.47. The second kappa shape index (κ2) is 9.38. The van der Waals surface area contributed by atoms with Gasteiger partial charge in [-0.15, -0.1) is 0 Å². The van der Waals surface area contributed by atoms with Gasteiger partial charge in [0.15, 0.2) is 5.96 Å². The Balaban J connectivity index is 1.77. The number of hydrogen-bond acceptors (Lipinski definition) is 4. The minimum Gasteiger partial charge on any atom is -0.357 e. The van der Waals surface area contributed by atoms with E-state index in [1.807, 2.05) is 11.8 Å². The first kappa shape index (κ1) is 20.0. The van der Waals surface area contributed by atoms with Crippen molar-refractivity contribution in [2.45, 2.75) is 32.6 Å². The van der Waals surface area contributed by atoms with Crippen molar-refractivity contribution < 1.29 is 13.2 Å². The Bertz CT molecular complexity index is 564. The first-order valence-corrected chi connectivity index (χ1v) is 11.0. The number of nitrogens with zero attached hydrogens (tertiary/aromatic N) is 3. The molecule has 2 aliphatic heterocycles. The highest BCUT2D eigenvalue weighted by Gasteiger charge is 2.25. The molecule has 144 valence electrons. The predicted molar refractivity (Wildman–Crippen MR) is 98.9 cm³/mol. The van der Waals surface area contributed by atoms with E-state index in [2.05, 4.69) is 15.6 Å². The molecule has 0 aromatic heterocycles. The molecule has 0 aromatic rings. The van der Waals surface area contributed by atoms with E-state index in [0.717, 1.165) is 51.9 Å². The summed E-state index contributed by atoms with van der Waals surface area (Å²) in [6.07, 6.45) is 5.11. The second-order valence-corrected chi connectivity index (χ2v) is 8.75. The summed E-state index contributed by atoms with van der Waals surface area (Å²) in [6.45, 7) is 6.47. The van der Waals surface area contributed by atoms with Gasteiger partial charge in [0.1, 0.15) is 6.54 Å². The Morgan fingerprint density at radius 2 is 1.76 bits per heavy atom. The van der Waals surface area contributed by atoms with Crippen molar-refractivity contribution in [3.05, 3.63) is 0 Å². The van der Waals surface area contributed by atoms with Gasteiger partial charge >= 0.3 is 0 Å². The van der Waals surface area contributed by atoms with Crippen LogP contribution in [0.3, 0.4) is 0 Å². The largest absolute Gasteiger partial charge is 0.357 e. The molecule has 2 rings (SSSR count). The minimum atomic E-state index is -3.08. The quantitative estimate of drug-likeness (QED) is 0.498. The zero-order valence-electron chi connectivity index (χ0n) is 15.3. The summed E-state index contributed by atoms with van der Waals surface area (Å²) >= 11 is 0. The smallest absolute Gasteiger partial charge is 0.244 e. The van der Waals surface area contributed by atoms with Crippen LogP contribution in [0.5, 0.6) is 0 Å². The highest BCUT2D eigenvalue weighted by Crippen LogP contribution is 2.18. The van der Waals surface area contributed by atoms with Crippen LogP contribution in [-0.2, 0) is 14.8 Å². The molecular weight excluding hydrogens is 342 g/mol. The number of hydrogen-bond donors (Lipinski definition) is 2. The molecule has 0 saturated carbocycles. The first-order valence-electron chi connectivity index (χ1n) is 9.15. The fourth-order valence-electron chi connectivity index (χ4n) is 3.24. The summed E-state index contributed by atoms with van der Waals surface area (Å²) in [5.74, 6) is 1.15. The van der Waals surface area contributed by atoms with Gasteiger partial charge in [-0.05, 0) is 38.5 Å². The van der Waals surface area contributed by atoms with Crippen LogP contribution in [0.15, 0.2) is 4.99 Å². The summed E-state index contributed by atoms with van der Waals surface area (Å²) in [5, 5.41) is 6.45. The number of rotatable bonds is 6. The van der Waals surface area contributed by atoms with E-state index >= 15 is 0 Å². The summed E-state index contributed by atoms with van der Waals surface area (Å²) < 4.78 is 24.6. The molecule has 2 aliphatic rings. The lowest BCUT2D eigenvalue weighted by molar-refractivity contribution is -0.128. The van der Waals surface area contributed by atoms with Gasteiger partial charge < -0.3 is 15.5 Å². The molecule has 2 heterocycles. The van der Waals surface area contributed by atoms with Crippen molar-refractivity contribution in [2.24, 2.45) is 10.9 Å². The standard InChI is InChI=1S/C16H31N5O3S/c1-3-17-16(19-13-15(22)20-8-4-5-9-20)18-12-14-6-10-21(11-7-14)25(2,23)24/h14H,3-13H2,1-2H3,(H2,17,18,19). The Morgan fingerprint density at radius 1 is 1.12 bits per heavy atom. The molecule has 0 radical (unpaired) electrons. The molecule has 0 aromatic carbocycles. The zero-order chi connectivity index (χ0) is 18.3. The van der Waals surface area contributed by atoms with Crippen molar-refractivity contribution in [2.75, 3.05) is 52.1 Å². The molecule has 0 atom stereocenters. The highest BCUT2D eigenvalue weighted by atomic mass is 32.2. The average molecular weight is 374 g/mol. The summed E-state index contributed by atoms with van der Waals surface area (Å²) in [4.78, 5) is 18.4. The van der Waals surface area contributed by atoms with Crippen LogP contribution in [0.25, 0.3) is 0 Å². The van der Waals surface area contributed by atoms with Gasteiger partial charge in [0, 0.05) is 39.3 Å². The first-order chi connectivity index (χ1) is 11.9. The van der Waals surface area contributed by atoms with E-state index in [4.69, 9.17) is 0 Å². The van der Waals surface area contributed by atoms with Crippen molar-refractivity contribution in [3.8, 4) is 0 Å². The lowest BCUT2D eigenvalue weighted by Gasteiger charge is -2.30. The van der Waals surface area contributed by atoms with Crippen LogP contribution < -0.4 is 10.6 Å². The molecule has 8 nitrogen and oxygen atoms in total. The van der Waals surface area contributed by atoms with Gasteiger partial charge in [0.05, 0.1) is 6.26 Å². The Kier molecular flexibility index (Phi) is 7.49. The Morgan fingerprint density at radius 3 is 2.32 bits per heavy atom. The van der Waals surface area contributed by atoms with Crippen molar-refractivity contribution in [1.29, 1.82) is 0 Å². The lowest BCUT2D eigenvalue weighted by atomic mass is 9.98. The van der Waals surface area contributed by atoms with Crippen LogP contribution in [-0.4, -0.2) is 81.6 Å². The van der Waals surface area contributed by atoms with E-state index < -0.39 is 10.0 Å². The molecule has 2 fully saturated rings. The molecule has 1 amide bonds. The zero-order valence-corrected chi connectivity index (χ0v) is 16.1. The van der Waals surface area contributed by atoms with Gasteiger partial charge in [-0.3, -0.25) is 4.79 Å². The van der Waals surface area contributed by atoms with Crippen LogP contribution >= 0.6 is 0 Å². The number of sulfonamides is 1. The number of amides is 1. The molecule has 0 unspecified atom stereocenters. The Hall–Kier alpha value is -1.35. The molecule has 2 saturated heterocycles. The second-order valence-electron chi connectivity index (χ2n) is 6.77. The number of carbonyl (C=O) groups excluding carboxylic acids is 1. The molecule has 25 heavy (non-hydrogen) atoms. The normalized spacial score (nSPS) is 20.7. The predicted octanol–water partition coefficient (Wildman–Crippen LogP) is -0.164. The van der Waals surface area contributed by atoms with E-state index in [1.54, 1.807) is 0 Å². The Labute approximate surface area is 151 Å². The van der Waals surface area contributed by atoms with E-state index in [-0.39, 0.29) is 12.5 Å². The number of likely N-dealkylation sites (tertiary alicyclic amines) is 1. The van der Waals surface area contributed by atoms with Crippen LogP contribution in [0.4, 0.5) is 0 Å². The van der Waals surface area contributed by atoms with Crippen molar-refractivity contribution in [1.82, 2.24) is 19.8 Å². The average Bonchev–Trinajstić information content (AvgIpc) is 3.11. The summed E-state index contributed by atoms with van der Waals surface area (Å²) in [6, 6.07) is 0. The lowest BCUT2D eigenvalue weighted by Crippen LogP contribution is -2.44. The van der Waals surface area contributed by atoms with Gasteiger partial charge in [-0.1, -0.05) is 0 Å². The van der Waals surface area contributed by atoms with Crippen LogP contribution in [0.2, 0.25) is 0 Å². The fraction of sp³-hybridized carbons (Fsp3) is 0.875. The molecule has 2 N–H and O–H groups in total. The maximum atomic E-state index is 12.1. The summed E-state index contributed by atoms with van der Waals surface area (Å²) in [7, 11) is -3.08. The summed E-state index contributed by atoms with van der Waals surface area (Å²) in [5.41, 5.74) is 0. The number of carbonyl (C=O) groups is 1. The van der Waals surface area contributed by atoms with Crippen LogP contribution in [0.1, 0.15) is 32.6 Å². The fourth-order valence-corrected chi connectivity index (χ4v) is 4.12. The molecule has 0 aliphatic carbocycles. The van der Waals surface area contributed by atoms with Gasteiger partial charge in [0.25, 0.3) is 0 Å².